The highest BCUT2D eigenvalue weighted by Gasteiger charge is 2.30. The number of morpholine rings is 1. The molecule has 1 aliphatic heterocycles. The largest absolute Gasteiger partial charge is 0.416 e. The van der Waals surface area contributed by atoms with Gasteiger partial charge < -0.3 is 15.2 Å². The zero-order valence-electron chi connectivity index (χ0n) is 13.1. The minimum atomic E-state index is -4.34. The number of nitrogens with one attached hydrogen (secondary N) is 1. The number of halogens is 3. The molecule has 1 aromatic carbocycles. The number of aliphatic hydroxyl groups is 1. The summed E-state index contributed by atoms with van der Waals surface area (Å²) in [5.74, 6) is 0. The summed E-state index contributed by atoms with van der Waals surface area (Å²) < 4.78 is 43.4. The van der Waals surface area contributed by atoms with Crippen LogP contribution in [0.1, 0.15) is 24.1 Å². The van der Waals surface area contributed by atoms with Crippen LogP contribution < -0.4 is 5.32 Å². The quantitative estimate of drug-likeness (QED) is 0.837. The molecule has 1 saturated heterocycles. The summed E-state index contributed by atoms with van der Waals surface area (Å²) in [5.41, 5.74) is -0.101. The first kappa shape index (κ1) is 18.2. The molecule has 0 amide bonds. The van der Waals surface area contributed by atoms with Gasteiger partial charge in [-0.3, -0.25) is 4.90 Å². The molecule has 1 aromatic rings. The van der Waals surface area contributed by atoms with E-state index < -0.39 is 17.8 Å². The van der Waals surface area contributed by atoms with Crippen molar-refractivity contribution in [1.29, 1.82) is 0 Å². The van der Waals surface area contributed by atoms with Crippen LogP contribution in [-0.4, -0.2) is 55.5 Å². The van der Waals surface area contributed by atoms with Crippen molar-refractivity contribution in [2.24, 2.45) is 0 Å². The van der Waals surface area contributed by atoms with Crippen molar-refractivity contribution >= 4 is 0 Å². The van der Waals surface area contributed by atoms with Gasteiger partial charge in [0.2, 0.25) is 0 Å². The molecule has 23 heavy (non-hydrogen) atoms. The Hall–Kier alpha value is -1.15. The second kappa shape index (κ2) is 8.10. The van der Waals surface area contributed by atoms with Gasteiger partial charge in [-0.2, -0.15) is 13.2 Å². The molecule has 1 fully saturated rings. The Labute approximate surface area is 134 Å². The molecule has 7 heteroatoms. The van der Waals surface area contributed by atoms with Gasteiger partial charge in [0.15, 0.2) is 0 Å². The number of rotatable bonds is 6. The first-order valence-corrected chi connectivity index (χ1v) is 7.75. The lowest BCUT2D eigenvalue weighted by atomic mass is 10.0. The topological polar surface area (TPSA) is 44.7 Å². The minimum Gasteiger partial charge on any atom is -0.390 e. The molecule has 130 valence electrons. The van der Waals surface area contributed by atoms with E-state index in [4.69, 9.17) is 4.74 Å². The molecule has 0 radical (unpaired) electrons. The fraction of sp³-hybridized carbons (Fsp3) is 0.625. The molecule has 1 aliphatic rings. The lowest BCUT2D eigenvalue weighted by molar-refractivity contribution is -0.137. The Morgan fingerprint density at radius 2 is 2.00 bits per heavy atom. The van der Waals surface area contributed by atoms with Gasteiger partial charge in [-0.1, -0.05) is 12.1 Å². The molecule has 0 bridgehead atoms. The third kappa shape index (κ3) is 5.76. The van der Waals surface area contributed by atoms with Crippen LogP contribution in [0.15, 0.2) is 24.3 Å². The van der Waals surface area contributed by atoms with E-state index in [9.17, 15) is 18.3 Å². The van der Waals surface area contributed by atoms with Crippen LogP contribution in [0, 0.1) is 0 Å². The molecule has 0 aromatic heterocycles. The Balaban J connectivity index is 1.83. The lowest BCUT2D eigenvalue weighted by Crippen LogP contribution is -2.44. The Bertz CT molecular complexity index is 490. The monoisotopic (exact) mass is 332 g/mol. The lowest BCUT2D eigenvalue weighted by Gasteiger charge is -2.29. The SMILES string of the molecule is CC(NCC(O)CN1CCOCC1)c1cccc(C(F)(F)F)c1. The highest BCUT2D eigenvalue weighted by atomic mass is 19.4. The van der Waals surface area contributed by atoms with Gasteiger partial charge in [0.05, 0.1) is 24.9 Å². The molecular formula is C16H23F3N2O2. The minimum absolute atomic E-state index is 0.267. The normalized spacial score (nSPS) is 19.5. The summed E-state index contributed by atoms with van der Waals surface area (Å²) >= 11 is 0. The van der Waals surface area contributed by atoms with E-state index in [0.29, 0.717) is 31.9 Å². The van der Waals surface area contributed by atoms with Crippen LogP contribution in [0.4, 0.5) is 13.2 Å². The molecule has 2 atom stereocenters. The van der Waals surface area contributed by atoms with E-state index in [1.165, 1.54) is 6.07 Å². The number of alkyl halides is 3. The fourth-order valence-corrected chi connectivity index (χ4v) is 2.56. The third-order valence-electron chi connectivity index (χ3n) is 3.95. The average Bonchev–Trinajstić information content (AvgIpc) is 2.53. The van der Waals surface area contributed by atoms with Gasteiger partial charge in [0, 0.05) is 32.2 Å². The Morgan fingerprint density at radius 3 is 2.65 bits per heavy atom. The maximum Gasteiger partial charge on any atom is 0.416 e. The standard InChI is InChI=1S/C16H23F3N2O2/c1-12(13-3-2-4-14(9-13)16(17,18)19)20-10-15(22)11-21-5-7-23-8-6-21/h2-4,9,12,15,20,22H,5-8,10-11H2,1H3. The van der Waals surface area contributed by atoms with Crippen molar-refractivity contribution in [3.05, 3.63) is 35.4 Å². The predicted molar refractivity (Wildman–Crippen MR) is 81.1 cm³/mol. The number of β-amino-alcohol motifs (C(OH)–C–C–N with tert-alkyl or cyclic N) is 1. The molecule has 0 saturated carbocycles. The smallest absolute Gasteiger partial charge is 0.390 e. The van der Waals surface area contributed by atoms with Crippen molar-refractivity contribution in [2.45, 2.75) is 25.2 Å². The maximum atomic E-state index is 12.7. The van der Waals surface area contributed by atoms with Crippen LogP contribution >= 0.6 is 0 Å². The summed E-state index contributed by atoms with van der Waals surface area (Å²) in [7, 11) is 0. The van der Waals surface area contributed by atoms with E-state index in [0.717, 1.165) is 25.2 Å². The third-order valence-corrected chi connectivity index (χ3v) is 3.95. The van der Waals surface area contributed by atoms with Gasteiger partial charge in [0.1, 0.15) is 0 Å². The zero-order chi connectivity index (χ0) is 16.9. The van der Waals surface area contributed by atoms with Crippen LogP contribution in [0.3, 0.4) is 0 Å². The number of hydrogen-bond donors (Lipinski definition) is 2. The van der Waals surface area contributed by atoms with E-state index in [1.807, 2.05) is 0 Å². The summed E-state index contributed by atoms with van der Waals surface area (Å²) in [6.07, 6.45) is -4.91. The van der Waals surface area contributed by atoms with Crippen molar-refractivity contribution in [3.8, 4) is 0 Å². The molecule has 2 unspecified atom stereocenters. The highest BCUT2D eigenvalue weighted by Crippen LogP contribution is 2.30. The van der Waals surface area contributed by atoms with Crippen molar-refractivity contribution in [1.82, 2.24) is 10.2 Å². The van der Waals surface area contributed by atoms with Gasteiger partial charge >= 0.3 is 6.18 Å². The van der Waals surface area contributed by atoms with Crippen LogP contribution in [-0.2, 0) is 10.9 Å². The summed E-state index contributed by atoms with van der Waals surface area (Å²) in [5, 5.41) is 13.1. The van der Waals surface area contributed by atoms with Crippen molar-refractivity contribution in [2.75, 3.05) is 39.4 Å². The maximum absolute atomic E-state index is 12.7. The number of aliphatic hydroxyl groups excluding tert-OH is 1. The summed E-state index contributed by atoms with van der Waals surface area (Å²) in [6.45, 7) is 5.57. The first-order chi connectivity index (χ1) is 10.9. The summed E-state index contributed by atoms with van der Waals surface area (Å²) in [6, 6.07) is 4.99. The van der Waals surface area contributed by atoms with Gasteiger partial charge in [-0.05, 0) is 24.6 Å². The van der Waals surface area contributed by atoms with E-state index in [-0.39, 0.29) is 6.04 Å². The van der Waals surface area contributed by atoms with Gasteiger partial charge in [0.25, 0.3) is 0 Å². The molecule has 0 spiro atoms. The predicted octanol–water partition coefficient (Wildman–Crippen LogP) is 2.05. The average molecular weight is 332 g/mol. The van der Waals surface area contributed by atoms with Gasteiger partial charge in [-0.15, -0.1) is 0 Å². The van der Waals surface area contributed by atoms with Crippen molar-refractivity contribution < 1.29 is 23.0 Å². The van der Waals surface area contributed by atoms with Crippen LogP contribution in [0.25, 0.3) is 0 Å². The molecule has 1 heterocycles. The van der Waals surface area contributed by atoms with Crippen LogP contribution in [0.5, 0.6) is 0 Å². The molecule has 2 N–H and O–H groups in total. The molecule has 2 rings (SSSR count). The fourth-order valence-electron chi connectivity index (χ4n) is 2.56. The summed E-state index contributed by atoms with van der Waals surface area (Å²) in [4.78, 5) is 2.12. The van der Waals surface area contributed by atoms with E-state index >= 15 is 0 Å². The zero-order valence-corrected chi connectivity index (χ0v) is 13.1. The highest BCUT2D eigenvalue weighted by molar-refractivity contribution is 5.27. The molecule has 4 nitrogen and oxygen atoms in total. The Kier molecular flexibility index (Phi) is 6.41. The van der Waals surface area contributed by atoms with Crippen molar-refractivity contribution in [3.63, 3.8) is 0 Å². The van der Waals surface area contributed by atoms with E-state index in [1.54, 1.807) is 13.0 Å². The second-order valence-corrected chi connectivity index (χ2v) is 5.82. The van der Waals surface area contributed by atoms with Crippen LogP contribution in [0.2, 0.25) is 0 Å². The Morgan fingerprint density at radius 1 is 1.30 bits per heavy atom. The first-order valence-electron chi connectivity index (χ1n) is 7.75. The number of hydrogen-bond acceptors (Lipinski definition) is 4. The number of nitrogens with zero attached hydrogens (tertiary/aromatic N) is 1. The second-order valence-electron chi connectivity index (χ2n) is 5.82. The molecular weight excluding hydrogens is 309 g/mol. The van der Waals surface area contributed by atoms with E-state index in [2.05, 4.69) is 10.2 Å². The number of benzene rings is 1. The molecule has 0 aliphatic carbocycles. The van der Waals surface area contributed by atoms with Gasteiger partial charge in [-0.25, -0.2) is 0 Å². The number of ether oxygens (including phenoxy) is 1.